The Balaban J connectivity index is 1.84. The third kappa shape index (κ3) is 3.34. The minimum absolute atomic E-state index is 0.173. The van der Waals surface area contributed by atoms with Crippen LogP contribution in [-0.4, -0.2) is 54.2 Å². The average Bonchev–Trinajstić information content (AvgIpc) is 3.23. The molecule has 0 saturated carbocycles. The van der Waals surface area contributed by atoms with E-state index < -0.39 is 24.3 Å². The van der Waals surface area contributed by atoms with E-state index in [0.717, 1.165) is 0 Å². The van der Waals surface area contributed by atoms with Crippen molar-refractivity contribution in [3.63, 3.8) is 0 Å². The highest BCUT2D eigenvalue weighted by molar-refractivity contribution is 5.89. The maximum absolute atomic E-state index is 14.5. The van der Waals surface area contributed by atoms with E-state index in [2.05, 4.69) is 4.98 Å². The van der Waals surface area contributed by atoms with Crippen LogP contribution in [0.25, 0.3) is 5.69 Å². The number of methoxy groups -OCH3 is 2. The number of hydrogen-bond acceptors (Lipinski definition) is 6. The van der Waals surface area contributed by atoms with Crippen molar-refractivity contribution < 1.29 is 28.5 Å². The molecule has 1 aromatic heterocycles. The fraction of sp³-hybridized carbons (Fsp3) is 0.375. The van der Waals surface area contributed by atoms with Crippen molar-refractivity contribution in [2.24, 2.45) is 0 Å². The number of ether oxygens (including phenoxy) is 3. The Hall–Kier alpha value is -2.49. The van der Waals surface area contributed by atoms with Crippen LogP contribution in [0.15, 0.2) is 30.7 Å². The highest BCUT2D eigenvalue weighted by Crippen LogP contribution is 2.26. The van der Waals surface area contributed by atoms with Gasteiger partial charge in [0.25, 0.3) is 0 Å². The predicted octanol–water partition coefficient (Wildman–Crippen LogP) is 1.62. The molecule has 1 atom stereocenters. The number of hydrogen-bond donors (Lipinski definition) is 1. The maximum atomic E-state index is 14.5. The molecule has 8 nitrogen and oxygen atoms in total. The molecule has 25 heavy (non-hydrogen) atoms. The van der Waals surface area contributed by atoms with E-state index in [-0.39, 0.29) is 18.8 Å². The average molecular weight is 351 g/mol. The zero-order chi connectivity index (χ0) is 18.0. The monoisotopic (exact) mass is 351 g/mol. The third-order valence-corrected chi connectivity index (χ3v) is 3.87. The van der Waals surface area contributed by atoms with Gasteiger partial charge in [-0.25, -0.2) is 14.2 Å². The summed E-state index contributed by atoms with van der Waals surface area (Å²) < 4.78 is 31.2. The fourth-order valence-corrected chi connectivity index (χ4v) is 2.63. The summed E-state index contributed by atoms with van der Waals surface area (Å²) in [5, 5.41) is 9.07. The first-order valence-electron chi connectivity index (χ1n) is 7.55. The van der Waals surface area contributed by atoms with Crippen LogP contribution >= 0.6 is 0 Å². The van der Waals surface area contributed by atoms with Crippen LogP contribution in [0.4, 0.5) is 14.9 Å². The zero-order valence-electron chi connectivity index (χ0n) is 13.8. The number of imidazole rings is 1. The van der Waals surface area contributed by atoms with Crippen molar-refractivity contribution in [2.75, 3.05) is 32.3 Å². The number of carbonyl (C=O) groups excluding carboxylic acids is 1. The molecule has 0 aliphatic carbocycles. The molecule has 2 aromatic rings. The standard InChI is InChI=1S/C16H18FN3O5/c1-23-15(24-2)13-7-19(9-18-13)14-4-3-10(5-12(14)17)20-6-11(8-21)25-16(20)22/h3-5,7,9,11,15,21H,6,8H2,1-2H3. The van der Waals surface area contributed by atoms with Gasteiger partial charge in [-0.2, -0.15) is 0 Å². The Morgan fingerprint density at radius 2 is 2.20 bits per heavy atom. The van der Waals surface area contributed by atoms with Crippen LogP contribution in [0.5, 0.6) is 0 Å². The SMILES string of the molecule is COC(OC)c1cn(-c2ccc(N3CC(CO)OC3=O)cc2F)cn1. The van der Waals surface area contributed by atoms with E-state index >= 15 is 0 Å². The Kier molecular flexibility index (Phi) is 4.98. The Morgan fingerprint density at radius 3 is 2.80 bits per heavy atom. The number of benzene rings is 1. The second-order valence-corrected chi connectivity index (χ2v) is 5.44. The van der Waals surface area contributed by atoms with Crippen molar-refractivity contribution in [1.29, 1.82) is 0 Å². The number of anilines is 1. The van der Waals surface area contributed by atoms with E-state index in [1.54, 1.807) is 12.3 Å². The molecular weight excluding hydrogens is 333 g/mol. The molecule has 1 aliphatic rings. The van der Waals surface area contributed by atoms with Crippen LogP contribution in [-0.2, 0) is 14.2 Å². The number of aliphatic hydroxyl groups is 1. The lowest BCUT2D eigenvalue weighted by Gasteiger charge is -2.14. The Labute approximate surface area is 143 Å². The van der Waals surface area contributed by atoms with Crippen LogP contribution in [0.2, 0.25) is 0 Å². The van der Waals surface area contributed by atoms with Gasteiger partial charge in [0.05, 0.1) is 30.9 Å². The lowest BCUT2D eigenvalue weighted by molar-refractivity contribution is -0.108. The van der Waals surface area contributed by atoms with E-state index in [0.29, 0.717) is 11.4 Å². The third-order valence-electron chi connectivity index (χ3n) is 3.87. The molecule has 1 aliphatic heterocycles. The van der Waals surface area contributed by atoms with E-state index in [1.165, 1.54) is 42.1 Å². The molecule has 134 valence electrons. The molecule has 9 heteroatoms. The first kappa shape index (κ1) is 17.3. The van der Waals surface area contributed by atoms with Gasteiger partial charge >= 0.3 is 6.09 Å². The normalized spacial score (nSPS) is 17.4. The zero-order valence-corrected chi connectivity index (χ0v) is 13.8. The van der Waals surface area contributed by atoms with Gasteiger partial charge in [0.2, 0.25) is 6.29 Å². The van der Waals surface area contributed by atoms with Crippen LogP contribution < -0.4 is 4.90 Å². The van der Waals surface area contributed by atoms with Gasteiger partial charge in [-0.1, -0.05) is 0 Å². The Bertz CT molecular complexity index is 762. The number of rotatable bonds is 6. The van der Waals surface area contributed by atoms with Gasteiger partial charge < -0.3 is 23.9 Å². The van der Waals surface area contributed by atoms with Gasteiger partial charge in [0.15, 0.2) is 0 Å². The second-order valence-electron chi connectivity index (χ2n) is 5.44. The van der Waals surface area contributed by atoms with Gasteiger partial charge in [-0.05, 0) is 18.2 Å². The number of aromatic nitrogens is 2. The van der Waals surface area contributed by atoms with Crippen molar-refractivity contribution in [3.05, 3.63) is 42.2 Å². The van der Waals surface area contributed by atoms with Crippen molar-refractivity contribution >= 4 is 11.8 Å². The molecule has 0 bridgehead atoms. The second kappa shape index (κ2) is 7.18. The number of carbonyl (C=O) groups is 1. The van der Waals surface area contributed by atoms with Crippen LogP contribution in [0.1, 0.15) is 12.0 Å². The van der Waals surface area contributed by atoms with E-state index in [1.807, 2.05) is 0 Å². The van der Waals surface area contributed by atoms with E-state index in [4.69, 9.17) is 19.3 Å². The number of amides is 1. The molecular formula is C16H18FN3O5. The van der Waals surface area contributed by atoms with E-state index in [9.17, 15) is 9.18 Å². The number of aliphatic hydroxyl groups excluding tert-OH is 1. The molecule has 3 rings (SSSR count). The predicted molar refractivity (Wildman–Crippen MR) is 85.0 cm³/mol. The summed E-state index contributed by atoms with van der Waals surface area (Å²) in [6.45, 7) is -0.104. The first-order chi connectivity index (χ1) is 12.1. The molecule has 1 fully saturated rings. The molecule has 1 aromatic carbocycles. The molecule has 2 heterocycles. The summed E-state index contributed by atoms with van der Waals surface area (Å²) in [7, 11) is 2.97. The number of nitrogens with zero attached hydrogens (tertiary/aromatic N) is 3. The highest BCUT2D eigenvalue weighted by atomic mass is 19.1. The minimum Gasteiger partial charge on any atom is -0.441 e. The van der Waals surface area contributed by atoms with Crippen molar-refractivity contribution in [2.45, 2.75) is 12.4 Å². The van der Waals surface area contributed by atoms with Gasteiger partial charge in [0, 0.05) is 20.4 Å². The molecule has 0 radical (unpaired) electrons. The largest absolute Gasteiger partial charge is 0.441 e. The topological polar surface area (TPSA) is 86.0 Å². The summed E-state index contributed by atoms with van der Waals surface area (Å²) in [6, 6.07) is 4.37. The molecule has 1 amide bonds. The van der Waals surface area contributed by atoms with Crippen LogP contribution in [0.3, 0.4) is 0 Å². The minimum atomic E-state index is -0.640. The lowest BCUT2D eigenvalue weighted by Crippen LogP contribution is -2.25. The number of cyclic esters (lactones) is 1. The quantitative estimate of drug-likeness (QED) is 0.796. The summed E-state index contributed by atoms with van der Waals surface area (Å²) in [6.07, 6.45) is 1.19. The molecule has 1 saturated heterocycles. The van der Waals surface area contributed by atoms with Crippen molar-refractivity contribution in [1.82, 2.24) is 9.55 Å². The van der Waals surface area contributed by atoms with Gasteiger partial charge in [0.1, 0.15) is 17.6 Å². The molecule has 1 unspecified atom stereocenters. The van der Waals surface area contributed by atoms with Crippen LogP contribution in [0, 0.1) is 5.82 Å². The van der Waals surface area contributed by atoms with Gasteiger partial charge in [-0.15, -0.1) is 0 Å². The van der Waals surface area contributed by atoms with Gasteiger partial charge in [-0.3, -0.25) is 4.90 Å². The lowest BCUT2D eigenvalue weighted by atomic mass is 10.2. The summed E-state index contributed by atoms with van der Waals surface area (Å²) >= 11 is 0. The maximum Gasteiger partial charge on any atom is 0.414 e. The number of halogens is 1. The Morgan fingerprint density at radius 1 is 1.44 bits per heavy atom. The summed E-state index contributed by atoms with van der Waals surface area (Å²) in [5.41, 5.74) is 1.12. The molecule has 0 spiro atoms. The smallest absolute Gasteiger partial charge is 0.414 e. The first-order valence-corrected chi connectivity index (χ1v) is 7.55. The molecule has 1 N–H and O–H groups in total. The summed E-state index contributed by atoms with van der Waals surface area (Å²) in [5.74, 6) is -0.534. The summed E-state index contributed by atoms with van der Waals surface area (Å²) in [4.78, 5) is 17.2. The van der Waals surface area contributed by atoms with Crippen molar-refractivity contribution in [3.8, 4) is 5.69 Å². The fourth-order valence-electron chi connectivity index (χ4n) is 2.63. The highest BCUT2D eigenvalue weighted by Gasteiger charge is 2.32.